The highest BCUT2D eigenvalue weighted by Crippen LogP contribution is 2.24. The normalized spacial score (nSPS) is 15.1. The monoisotopic (exact) mass is 202 g/mol. The molecule has 4 heteroatoms. The smallest absolute Gasteiger partial charge is 0.160 e. The Balaban J connectivity index is 2.37. The molecule has 1 aliphatic heterocycles. The Morgan fingerprint density at radius 1 is 1.40 bits per heavy atom. The van der Waals surface area contributed by atoms with Crippen LogP contribution in [0.1, 0.15) is 23.4 Å². The maximum atomic E-state index is 4.57. The minimum atomic E-state index is 1.02. The van der Waals surface area contributed by atoms with Gasteiger partial charge in [0.25, 0.3) is 0 Å². The summed E-state index contributed by atoms with van der Waals surface area (Å²) < 4.78 is 1.94. The van der Waals surface area contributed by atoms with E-state index in [0.717, 1.165) is 35.8 Å². The second kappa shape index (κ2) is 2.95. The Labute approximate surface area is 88.3 Å². The van der Waals surface area contributed by atoms with Crippen LogP contribution in [0, 0.1) is 13.8 Å². The van der Waals surface area contributed by atoms with Crippen molar-refractivity contribution in [2.75, 3.05) is 11.9 Å². The van der Waals surface area contributed by atoms with Gasteiger partial charge in [-0.2, -0.15) is 0 Å². The van der Waals surface area contributed by atoms with Gasteiger partial charge in [-0.3, -0.25) is 0 Å². The van der Waals surface area contributed by atoms with Crippen LogP contribution in [-0.2, 0) is 6.42 Å². The molecule has 0 unspecified atom stereocenters. The first-order chi connectivity index (χ1) is 7.25. The molecule has 15 heavy (non-hydrogen) atoms. The molecule has 3 heterocycles. The van der Waals surface area contributed by atoms with Crippen LogP contribution < -0.4 is 5.32 Å². The zero-order valence-electron chi connectivity index (χ0n) is 9.04. The van der Waals surface area contributed by atoms with Gasteiger partial charge in [0.05, 0.1) is 0 Å². The van der Waals surface area contributed by atoms with Crippen molar-refractivity contribution in [3.63, 3.8) is 0 Å². The summed E-state index contributed by atoms with van der Waals surface area (Å²) in [7, 11) is 0. The number of aryl methyl sites for hydroxylation is 3. The first-order valence-electron chi connectivity index (χ1n) is 5.35. The summed E-state index contributed by atoms with van der Waals surface area (Å²) in [5.41, 5.74) is 4.50. The molecule has 0 amide bonds. The van der Waals surface area contributed by atoms with E-state index in [1.807, 2.05) is 11.4 Å². The molecule has 2 aromatic heterocycles. The topological polar surface area (TPSA) is 42.2 Å². The molecular weight excluding hydrogens is 188 g/mol. The van der Waals surface area contributed by atoms with Crippen LogP contribution in [0.5, 0.6) is 0 Å². The van der Waals surface area contributed by atoms with Gasteiger partial charge in [-0.05, 0) is 32.8 Å². The molecule has 0 aromatic carbocycles. The third-order valence-corrected chi connectivity index (χ3v) is 2.89. The van der Waals surface area contributed by atoms with E-state index in [9.17, 15) is 0 Å². The van der Waals surface area contributed by atoms with Gasteiger partial charge in [-0.1, -0.05) is 0 Å². The lowest BCUT2D eigenvalue weighted by Gasteiger charge is -2.10. The molecule has 4 nitrogen and oxygen atoms in total. The molecule has 2 aromatic rings. The quantitative estimate of drug-likeness (QED) is 0.707. The lowest BCUT2D eigenvalue weighted by Crippen LogP contribution is -2.10. The van der Waals surface area contributed by atoms with E-state index in [2.05, 4.69) is 28.4 Å². The zero-order valence-corrected chi connectivity index (χ0v) is 9.04. The number of hydrogen-bond acceptors (Lipinski definition) is 3. The molecule has 1 aliphatic rings. The van der Waals surface area contributed by atoms with Gasteiger partial charge in [-0.15, -0.1) is 5.10 Å². The second-order valence-corrected chi connectivity index (χ2v) is 4.13. The number of aromatic nitrogens is 3. The lowest BCUT2D eigenvalue weighted by atomic mass is 10.1. The van der Waals surface area contributed by atoms with E-state index in [4.69, 9.17) is 0 Å². The van der Waals surface area contributed by atoms with E-state index in [0.29, 0.717) is 0 Å². The predicted molar refractivity (Wildman–Crippen MR) is 59.3 cm³/mol. The summed E-state index contributed by atoms with van der Waals surface area (Å²) in [5, 5.41) is 7.86. The van der Waals surface area contributed by atoms with Crippen LogP contribution in [0.2, 0.25) is 0 Å². The molecule has 0 bridgehead atoms. The van der Waals surface area contributed by atoms with Crippen molar-refractivity contribution < 1.29 is 0 Å². The van der Waals surface area contributed by atoms with E-state index in [-0.39, 0.29) is 0 Å². The summed E-state index contributed by atoms with van der Waals surface area (Å²) in [6.07, 6.45) is 2.25. The predicted octanol–water partition coefficient (Wildman–Crippen LogP) is 1.70. The van der Waals surface area contributed by atoms with E-state index in [1.165, 1.54) is 12.0 Å². The van der Waals surface area contributed by atoms with E-state index < -0.39 is 0 Å². The minimum Gasteiger partial charge on any atom is -0.368 e. The van der Waals surface area contributed by atoms with Crippen molar-refractivity contribution in [3.05, 3.63) is 23.0 Å². The first kappa shape index (κ1) is 8.71. The summed E-state index contributed by atoms with van der Waals surface area (Å²) >= 11 is 0. The molecule has 1 N–H and O–H groups in total. The maximum Gasteiger partial charge on any atom is 0.160 e. The lowest BCUT2D eigenvalue weighted by molar-refractivity contribution is 0.826. The van der Waals surface area contributed by atoms with Gasteiger partial charge in [0.2, 0.25) is 0 Å². The fourth-order valence-electron chi connectivity index (χ4n) is 2.21. The minimum absolute atomic E-state index is 1.02. The van der Waals surface area contributed by atoms with Gasteiger partial charge >= 0.3 is 0 Å². The Kier molecular flexibility index (Phi) is 1.71. The summed E-state index contributed by atoms with van der Waals surface area (Å²) in [6.45, 7) is 5.12. The number of nitrogens with zero attached hydrogens (tertiary/aromatic N) is 3. The molecule has 0 aliphatic carbocycles. The van der Waals surface area contributed by atoms with Gasteiger partial charge in [0.1, 0.15) is 0 Å². The average molecular weight is 202 g/mol. The molecule has 78 valence electrons. The van der Waals surface area contributed by atoms with Crippen molar-refractivity contribution in [1.29, 1.82) is 0 Å². The largest absolute Gasteiger partial charge is 0.368 e. The summed E-state index contributed by atoms with van der Waals surface area (Å²) in [6, 6.07) is 2.06. The standard InChI is InChI=1S/C11H14N4/c1-7-6-8(2)15-11(13-7)9-4-3-5-12-10(9)14-15/h6H,3-5H2,1-2H3,(H,12,14). The van der Waals surface area contributed by atoms with Crippen LogP contribution in [0.3, 0.4) is 0 Å². The third-order valence-electron chi connectivity index (χ3n) is 2.89. The Morgan fingerprint density at radius 2 is 2.27 bits per heavy atom. The Morgan fingerprint density at radius 3 is 3.13 bits per heavy atom. The fraction of sp³-hybridized carbons (Fsp3) is 0.455. The average Bonchev–Trinajstić information content (AvgIpc) is 2.57. The molecule has 0 atom stereocenters. The second-order valence-electron chi connectivity index (χ2n) is 4.13. The highest BCUT2D eigenvalue weighted by molar-refractivity contribution is 5.63. The highest BCUT2D eigenvalue weighted by atomic mass is 15.3. The molecule has 3 rings (SSSR count). The highest BCUT2D eigenvalue weighted by Gasteiger charge is 2.17. The SMILES string of the molecule is Cc1cc(C)n2nc3c(c2n1)CCCN3. The summed E-state index contributed by atoms with van der Waals surface area (Å²) in [4.78, 5) is 4.57. The number of anilines is 1. The Hall–Kier alpha value is -1.58. The van der Waals surface area contributed by atoms with Gasteiger partial charge < -0.3 is 5.32 Å². The van der Waals surface area contributed by atoms with E-state index >= 15 is 0 Å². The number of rotatable bonds is 0. The van der Waals surface area contributed by atoms with Crippen molar-refractivity contribution in [2.45, 2.75) is 26.7 Å². The molecular formula is C11H14N4. The number of fused-ring (bicyclic) bond motifs is 3. The molecule has 0 fully saturated rings. The van der Waals surface area contributed by atoms with Crippen molar-refractivity contribution in [3.8, 4) is 0 Å². The maximum absolute atomic E-state index is 4.57. The van der Waals surface area contributed by atoms with Gasteiger partial charge in [-0.25, -0.2) is 9.50 Å². The molecule has 0 saturated carbocycles. The fourth-order valence-corrected chi connectivity index (χ4v) is 2.21. The Bertz CT molecular complexity index is 527. The van der Waals surface area contributed by atoms with Gasteiger partial charge in [0.15, 0.2) is 11.5 Å². The third kappa shape index (κ3) is 1.21. The number of hydrogen-bond donors (Lipinski definition) is 1. The van der Waals surface area contributed by atoms with Crippen LogP contribution in [-0.4, -0.2) is 21.1 Å². The zero-order chi connectivity index (χ0) is 10.4. The van der Waals surface area contributed by atoms with Crippen molar-refractivity contribution in [1.82, 2.24) is 14.6 Å². The molecule has 0 spiro atoms. The number of nitrogens with one attached hydrogen (secondary N) is 1. The molecule has 0 radical (unpaired) electrons. The van der Waals surface area contributed by atoms with Crippen LogP contribution >= 0.6 is 0 Å². The first-order valence-corrected chi connectivity index (χ1v) is 5.35. The van der Waals surface area contributed by atoms with Crippen molar-refractivity contribution in [2.24, 2.45) is 0 Å². The van der Waals surface area contributed by atoms with E-state index in [1.54, 1.807) is 0 Å². The van der Waals surface area contributed by atoms with Crippen LogP contribution in [0.4, 0.5) is 5.82 Å². The van der Waals surface area contributed by atoms with Crippen molar-refractivity contribution >= 4 is 11.5 Å². The van der Waals surface area contributed by atoms with Crippen LogP contribution in [0.15, 0.2) is 6.07 Å². The van der Waals surface area contributed by atoms with Gasteiger partial charge in [0, 0.05) is 23.5 Å². The molecule has 0 saturated heterocycles. The summed E-state index contributed by atoms with van der Waals surface area (Å²) in [5.74, 6) is 1.02. The van der Waals surface area contributed by atoms with Crippen LogP contribution in [0.25, 0.3) is 5.65 Å².